The van der Waals surface area contributed by atoms with Crippen molar-refractivity contribution in [1.29, 1.82) is 0 Å². The van der Waals surface area contributed by atoms with Gasteiger partial charge >= 0.3 is 0 Å². The van der Waals surface area contributed by atoms with Crippen LogP contribution in [0.15, 0.2) is 35.4 Å². The van der Waals surface area contributed by atoms with Crippen molar-refractivity contribution in [2.24, 2.45) is 0 Å². The summed E-state index contributed by atoms with van der Waals surface area (Å²) in [6.07, 6.45) is 2.90. The third-order valence-corrected chi connectivity index (χ3v) is 3.84. The maximum Gasteiger partial charge on any atom is 0.227 e. The van der Waals surface area contributed by atoms with Crippen LogP contribution >= 0.6 is 11.8 Å². The molecular formula is C13H13N3OS. The maximum absolute atomic E-state index is 5.29. The van der Waals surface area contributed by atoms with E-state index in [-0.39, 0.29) is 0 Å². The number of methoxy groups -OCH3 is 1. The number of thioether (sulfide) groups is 1. The molecule has 0 bridgehead atoms. The molecular weight excluding hydrogens is 246 g/mol. The number of nitrogens with one attached hydrogen (secondary N) is 1. The molecule has 0 unspecified atom stereocenters. The molecule has 3 rings (SSSR count). The van der Waals surface area contributed by atoms with Crippen molar-refractivity contribution in [1.82, 2.24) is 9.97 Å². The lowest BCUT2D eigenvalue weighted by molar-refractivity contribution is 0.417. The summed E-state index contributed by atoms with van der Waals surface area (Å²) in [5, 5.41) is 3.20. The first-order chi connectivity index (χ1) is 8.86. The zero-order valence-corrected chi connectivity index (χ0v) is 10.8. The fourth-order valence-corrected chi connectivity index (χ4v) is 2.85. The molecule has 0 atom stereocenters. The minimum absolute atomic E-state index is 0.626. The lowest BCUT2D eigenvalue weighted by Crippen LogP contribution is -2.01. The monoisotopic (exact) mass is 259 g/mol. The van der Waals surface area contributed by atoms with Crippen molar-refractivity contribution in [2.45, 2.75) is 11.3 Å². The van der Waals surface area contributed by atoms with Crippen LogP contribution in [0.2, 0.25) is 0 Å². The molecule has 92 valence electrons. The number of nitrogens with zero attached hydrogens (tertiary/aromatic N) is 2. The zero-order chi connectivity index (χ0) is 12.4. The van der Waals surface area contributed by atoms with Crippen molar-refractivity contribution in [3.8, 4) is 5.75 Å². The van der Waals surface area contributed by atoms with Gasteiger partial charge in [-0.25, -0.2) is 9.97 Å². The standard InChI is InChI=1S/C13H13N3OS/c1-17-11-5-3-2-4-9(11)15-13-14-8-12-10(16-13)6-7-18-12/h2-5,8H,6-7H2,1H3,(H,14,15,16). The van der Waals surface area contributed by atoms with Gasteiger partial charge in [0.25, 0.3) is 0 Å². The molecule has 1 aliphatic heterocycles. The number of hydrogen-bond donors (Lipinski definition) is 1. The lowest BCUT2D eigenvalue weighted by atomic mass is 10.3. The van der Waals surface area contributed by atoms with Gasteiger partial charge in [0.2, 0.25) is 5.95 Å². The number of hydrogen-bond acceptors (Lipinski definition) is 5. The van der Waals surface area contributed by atoms with Gasteiger partial charge < -0.3 is 10.1 Å². The third kappa shape index (κ3) is 2.13. The van der Waals surface area contributed by atoms with Gasteiger partial charge in [-0.1, -0.05) is 12.1 Å². The highest BCUT2D eigenvalue weighted by Gasteiger charge is 2.14. The average molecular weight is 259 g/mol. The first kappa shape index (κ1) is 11.3. The molecule has 1 aliphatic rings. The Hall–Kier alpha value is -1.75. The Morgan fingerprint density at radius 1 is 1.33 bits per heavy atom. The highest BCUT2D eigenvalue weighted by atomic mass is 32.2. The van der Waals surface area contributed by atoms with E-state index in [1.54, 1.807) is 7.11 Å². The summed E-state index contributed by atoms with van der Waals surface area (Å²) in [5.74, 6) is 2.51. The predicted octanol–water partition coefficient (Wildman–Crippen LogP) is 2.88. The molecule has 5 heteroatoms. The van der Waals surface area contributed by atoms with E-state index < -0.39 is 0 Å². The van der Waals surface area contributed by atoms with Crippen LogP contribution in [0.3, 0.4) is 0 Å². The van der Waals surface area contributed by atoms with Crippen molar-refractivity contribution in [3.05, 3.63) is 36.2 Å². The molecule has 2 heterocycles. The summed E-state index contributed by atoms with van der Waals surface area (Å²) in [6, 6.07) is 7.74. The Balaban J connectivity index is 1.88. The number of ether oxygens (including phenoxy) is 1. The van der Waals surface area contributed by atoms with E-state index in [1.165, 1.54) is 4.90 Å². The summed E-state index contributed by atoms with van der Waals surface area (Å²) in [5.41, 5.74) is 2.01. The second-order valence-electron chi connectivity index (χ2n) is 3.93. The van der Waals surface area contributed by atoms with Crippen LogP contribution < -0.4 is 10.1 Å². The third-order valence-electron chi connectivity index (χ3n) is 2.78. The van der Waals surface area contributed by atoms with Gasteiger partial charge in [-0.05, 0) is 12.1 Å². The van der Waals surface area contributed by atoms with Gasteiger partial charge in [0.05, 0.1) is 18.5 Å². The van der Waals surface area contributed by atoms with Crippen LogP contribution in [0.25, 0.3) is 0 Å². The number of aromatic nitrogens is 2. The number of anilines is 2. The van der Waals surface area contributed by atoms with E-state index in [0.29, 0.717) is 5.95 Å². The predicted molar refractivity (Wildman–Crippen MR) is 72.7 cm³/mol. The van der Waals surface area contributed by atoms with E-state index in [2.05, 4.69) is 15.3 Å². The number of aryl methyl sites for hydroxylation is 1. The van der Waals surface area contributed by atoms with Gasteiger partial charge in [0, 0.05) is 23.3 Å². The van der Waals surface area contributed by atoms with Crippen molar-refractivity contribution in [2.75, 3.05) is 18.2 Å². The van der Waals surface area contributed by atoms with Crippen LogP contribution in [-0.2, 0) is 6.42 Å². The SMILES string of the molecule is COc1ccccc1Nc1ncc2c(n1)CCS2. The summed E-state index contributed by atoms with van der Waals surface area (Å²) in [7, 11) is 1.65. The fourth-order valence-electron chi connectivity index (χ4n) is 1.89. The van der Waals surface area contributed by atoms with E-state index in [0.717, 1.165) is 29.3 Å². The molecule has 1 aromatic heterocycles. The summed E-state index contributed by atoms with van der Waals surface area (Å²) >= 11 is 1.81. The molecule has 4 nitrogen and oxygen atoms in total. The van der Waals surface area contributed by atoms with Crippen molar-refractivity contribution >= 4 is 23.4 Å². The molecule has 0 fully saturated rings. The number of para-hydroxylation sites is 2. The largest absolute Gasteiger partial charge is 0.495 e. The Morgan fingerprint density at radius 2 is 2.22 bits per heavy atom. The fraction of sp³-hybridized carbons (Fsp3) is 0.231. The van der Waals surface area contributed by atoms with E-state index in [1.807, 2.05) is 42.2 Å². The minimum Gasteiger partial charge on any atom is -0.495 e. The zero-order valence-electron chi connectivity index (χ0n) is 10.0. The summed E-state index contributed by atoms with van der Waals surface area (Å²) in [6.45, 7) is 0. The molecule has 0 radical (unpaired) electrons. The summed E-state index contributed by atoms with van der Waals surface area (Å²) < 4.78 is 5.29. The van der Waals surface area contributed by atoms with E-state index in [4.69, 9.17) is 4.74 Å². The van der Waals surface area contributed by atoms with Gasteiger partial charge in [-0.15, -0.1) is 11.8 Å². The molecule has 18 heavy (non-hydrogen) atoms. The van der Waals surface area contributed by atoms with E-state index >= 15 is 0 Å². The number of rotatable bonds is 3. The minimum atomic E-state index is 0.626. The van der Waals surface area contributed by atoms with Gasteiger partial charge in [-0.3, -0.25) is 0 Å². The normalized spacial score (nSPS) is 13.2. The molecule has 0 spiro atoms. The van der Waals surface area contributed by atoms with Crippen molar-refractivity contribution in [3.63, 3.8) is 0 Å². The Morgan fingerprint density at radius 3 is 3.11 bits per heavy atom. The molecule has 1 aromatic carbocycles. The molecule has 0 saturated carbocycles. The van der Waals surface area contributed by atoms with Gasteiger partial charge in [0.15, 0.2) is 0 Å². The molecule has 0 aliphatic carbocycles. The summed E-state index contributed by atoms with van der Waals surface area (Å²) in [4.78, 5) is 10.0. The average Bonchev–Trinajstić information content (AvgIpc) is 2.87. The molecule has 0 saturated heterocycles. The maximum atomic E-state index is 5.29. The van der Waals surface area contributed by atoms with Crippen LogP contribution in [0.5, 0.6) is 5.75 Å². The molecule has 1 N–H and O–H groups in total. The highest BCUT2D eigenvalue weighted by Crippen LogP contribution is 2.31. The van der Waals surface area contributed by atoms with E-state index in [9.17, 15) is 0 Å². The lowest BCUT2D eigenvalue weighted by Gasteiger charge is -2.09. The smallest absolute Gasteiger partial charge is 0.227 e. The first-order valence-electron chi connectivity index (χ1n) is 5.75. The van der Waals surface area contributed by atoms with Crippen LogP contribution in [0.4, 0.5) is 11.6 Å². The van der Waals surface area contributed by atoms with Crippen LogP contribution in [-0.4, -0.2) is 22.8 Å². The Labute approximate surface area is 110 Å². The Kier molecular flexibility index (Phi) is 3.06. The Bertz CT molecular complexity index is 574. The van der Waals surface area contributed by atoms with Gasteiger partial charge in [-0.2, -0.15) is 0 Å². The highest BCUT2D eigenvalue weighted by molar-refractivity contribution is 7.99. The van der Waals surface area contributed by atoms with Gasteiger partial charge in [0.1, 0.15) is 5.75 Å². The quantitative estimate of drug-likeness (QED) is 0.918. The van der Waals surface area contributed by atoms with Crippen molar-refractivity contribution < 1.29 is 4.74 Å². The first-order valence-corrected chi connectivity index (χ1v) is 6.74. The number of benzene rings is 1. The van der Waals surface area contributed by atoms with Crippen LogP contribution in [0, 0.1) is 0 Å². The number of fused-ring (bicyclic) bond motifs is 1. The molecule has 2 aromatic rings. The second kappa shape index (κ2) is 4.86. The topological polar surface area (TPSA) is 47.0 Å². The van der Waals surface area contributed by atoms with Crippen LogP contribution in [0.1, 0.15) is 5.69 Å². The second-order valence-corrected chi connectivity index (χ2v) is 5.07. The molecule has 0 amide bonds.